The van der Waals surface area contributed by atoms with Gasteiger partial charge in [-0.25, -0.2) is 4.98 Å². The molecule has 0 amide bonds. The van der Waals surface area contributed by atoms with Crippen molar-refractivity contribution in [1.29, 1.82) is 0 Å². The number of nitrogens with zero attached hydrogens (tertiary/aromatic N) is 2. The molecule has 0 saturated heterocycles. The first kappa shape index (κ1) is 12.1. The van der Waals surface area contributed by atoms with E-state index in [1.165, 1.54) is 11.5 Å². The molecule has 0 saturated carbocycles. The molecule has 0 aliphatic rings. The molecule has 6 heteroatoms. The summed E-state index contributed by atoms with van der Waals surface area (Å²) in [6.45, 7) is 0. The summed E-state index contributed by atoms with van der Waals surface area (Å²) in [5.74, 6) is 0.0173. The Labute approximate surface area is 107 Å². The number of carboxylic acid groups (broad SMARTS) is 1. The van der Waals surface area contributed by atoms with Gasteiger partial charge in [-0.1, -0.05) is 36.0 Å². The highest BCUT2D eigenvalue weighted by Gasteiger charge is 2.02. The van der Waals surface area contributed by atoms with Crippen LogP contribution in [0.15, 0.2) is 34.9 Å². The number of rotatable bonds is 5. The van der Waals surface area contributed by atoms with E-state index in [4.69, 9.17) is 5.11 Å². The summed E-state index contributed by atoms with van der Waals surface area (Å²) in [7, 11) is 0. The van der Waals surface area contributed by atoms with Gasteiger partial charge in [0.25, 0.3) is 0 Å². The van der Waals surface area contributed by atoms with Gasteiger partial charge in [-0.15, -0.1) is 0 Å². The van der Waals surface area contributed by atoms with Gasteiger partial charge in [0.15, 0.2) is 4.34 Å². The van der Waals surface area contributed by atoms with Gasteiger partial charge in [-0.05, 0) is 22.7 Å². The van der Waals surface area contributed by atoms with Crippen LogP contribution in [0.2, 0.25) is 0 Å². The second-order valence-corrected chi connectivity index (χ2v) is 5.39. The van der Waals surface area contributed by atoms with Crippen molar-refractivity contribution in [2.24, 2.45) is 0 Å². The zero-order valence-electron chi connectivity index (χ0n) is 8.87. The number of carbonyl (C=O) groups is 1. The van der Waals surface area contributed by atoms with Gasteiger partial charge < -0.3 is 5.11 Å². The summed E-state index contributed by atoms with van der Waals surface area (Å²) in [6.07, 6.45) is 1.62. The van der Waals surface area contributed by atoms with Gasteiger partial charge in [-0.2, -0.15) is 4.37 Å². The van der Waals surface area contributed by atoms with Gasteiger partial charge in [0.05, 0.1) is 6.42 Å². The Balaban J connectivity index is 1.91. The lowest BCUT2D eigenvalue weighted by Crippen LogP contribution is -1.99. The average molecular weight is 266 g/mol. The van der Waals surface area contributed by atoms with Crippen LogP contribution < -0.4 is 0 Å². The van der Waals surface area contributed by atoms with Crippen LogP contribution in [0.1, 0.15) is 11.1 Å². The smallest absolute Gasteiger partial charge is 0.307 e. The zero-order valence-corrected chi connectivity index (χ0v) is 10.5. The van der Waals surface area contributed by atoms with Gasteiger partial charge in [-0.3, -0.25) is 4.79 Å². The summed E-state index contributed by atoms with van der Waals surface area (Å²) in [6, 6.07) is 7.60. The molecule has 4 nitrogen and oxygen atoms in total. The predicted molar refractivity (Wildman–Crippen MR) is 67.3 cm³/mol. The monoisotopic (exact) mass is 266 g/mol. The molecule has 88 valence electrons. The predicted octanol–water partition coefficient (Wildman–Crippen LogP) is 2.46. The van der Waals surface area contributed by atoms with Gasteiger partial charge >= 0.3 is 5.97 Å². The molecule has 1 N–H and O–H groups in total. The molecular weight excluding hydrogens is 256 g/mol. The highest BCUT2D eigenvalue weighted by Crippen LogP contribution is 2.23. The first-order chi connectivity index (χ1) is 8.24. The SMILES string of the molecule is O=C(O)Cc1ccc(CSc2ncns2)cc1. The molecule has 0 unspecified atom stereocenters. The number of hydrogen-bond acceptors (Lipinski definition) is 5. The number of hydrogen-bond donors (Lipinski definition) is 1. The van der Waals surface area contributed by atoms with Crippen LogP contribution in [0.4, 0.5) is 0 Å². The number of benzene rings is 1. The molecule has 17 heavy (non-hydrogen) atoms. The van der Waals surface area contributed by atoms with Crippen molar-refractivity contribution in [3.8, 4) is 0 Å². The van der Waals surface area contributed by atoms with Crippen molar-refractivity contribution in [3.05, 3.63) is 41.7 Å². The van der Waals surface area contributed by atoms with E-state index in [0.29, 0.717) is 0 Å². The Morgan fingerprint density at radius 2 is 2.00 bits per heavy atom. The van der Waals surface area contributed by atoms with Crippen LogP contribution in [-0.2, 0) is 17.0 Å². The average Bonchev–Trinajstić information content (AvgIpc) is 2.80. The molecule has 1 heterocycles. The van der Waals surface area contributed by atoms with Crippen LogP contribution >= 0.6 is 23.3 Å². The van der Waals surface area contributed by atoms with E-state index in [1.807, 2.05) is 24.3 Å². The molecule has 0 aliphatic carbocycles. The summed E-state index contributed by atoms with van der Waals surface area (Å²) in [5, 5.41) is 8.65. The fraction of sp³-hybridized carbons (Fsp3) is 0.182. The van der Waals surface area contributed by atoms with Gasteiger partial charge in [0, 0.05) is 5.75 Å². The Bertz CT molecular complexity index is 483. The van der Waals surface area contributed by atoms with Gasteiger partial charge in [0.1, 0.15) is 6.33 Å². The molecule has 1 aromatic heterocycles. The second kappa shape index (κ2) is 5.79. The van der Waals surface area contributed by atoms with Crippen LogP contribution in [0, 0.1) is 0 Å². The highest BCUT2D eigenvalue weighted by molar-refractivity contribution is 8.00. The standard InChI is InChI=1S/C11H10N2O2S2/c14-10(15)5-8-1-3-9(4-2-8)6-16-11-12-7-13-17-11/h1-4,7H,5-6H2,(H,14,15). The quantitative estimate of drug-likeness (QED) is 0.842. The molecule has 1 aromatic carbocycles. The lowest BCUT2D eigenvalue weighted by molar-refractivity contribution is -0.136. The van der Waals surface area contributed by atoms with Crippen molar-refractivity contribution in [1.82, 2.24) is 9.36 Å². The molecule has 0 fully saturated rings. The van der Waals surface area contributed by atoms with Crippen molar-refractivity contribution in [2.75, 3.05) is 0 Å². The molecule has 2 rings (SSSR count). The molecule has 0 radical (unpaired) electrons. The van der Waals surface area contributed by atoms with E-state index in [-0.39, 0.29) is 6.42 Å². The minimum Gasteiger partial charge on any atom is -0.481 e. The van der Waals surface area contributed by atoms with Crippen molar-refractivity contribution in [2.45, 2.75) is 16.5 Å². The van der Waals surface area contributed by atoms with Gasteiger partial charge in [0.2, 0.25) is 0 Å². The minimum atomic E-state index is -0.805. The zero-order chi connectivity index (χ0) is 12.1. The third kappa shape index (κ3) is 3.83. The topological polar surface area (TPSA) is 63.1 Å². The molecule has 0 spiro atoms. The molecule has 2 aromatic rings. The number of aromatic nitrogens is 2. The maximum atomic E-state index is 10.5. The van der Waals surface area contributed by atoms with E-state index < -0.39 is 5.97 Å². The maximum absolute atomic E-state index is 10.5. The summed E-state index contributed by atoms with van der Waals surface area (Å²) in [4.78, 5) is 14.6. The van der Waals surface area contributed by atoms with Crippen LogP contribution in [0.5, 0.6) is 0 Å². The van der Waals surface area contributed by atoms with E-state index in [2.05, 4.69) is 9.36 Å². The lowest BCUT2D eigenvalue weighted by Gasteiger charge is -2.01. The summed E-state index contributed by atoms with van der Waals surface area (Å²) in [5.41, 5.74) is 1.97. The number of aliphatic carboxylic acids is 1. The van der Waals surface area contributed by atoms with Crippen LogP contribution in [0.25, 0.3) is 0 Å². The van der Waals surface area contributed by atoms with E-state index >= 15 is 0 Å². The maximum Gasteiger partial charge on any atom is 0.307 e. The Kier molecular flexibility index (Phi) is 4.11. The molecule has 0 atom stereocenters. The third-order valence-corrected chi connectivity index (χ3v) is 3.95. The fourth-order valence-electron chi connectivity index (χ4n) is 1.30. The largest absolute Gasteiger partial charge is 0.481 e. The molecule has 0 bridgehead atoms. The molecular formula is C11H10N2O2S2. The normalized spacial score (nSPS) is 10.4. The summed E-state index contributed by atoms with van der Waals surface area (Å²) < 4.78 is 4.87. The van der Waals surface area contributed by atoms with E-state index in [1.54, 1.807) is 18.1 Å². The minimum absolute atomic E-state index is 0.0732. The van der Waals surface area contributed by atoms with Crippen molar-refractivity contribution >= 4 is 29.3 Å². The van der Waals surface area contributed by atoms with Crippen molar-refractivity contribution < 1.29 is 9.90 Å². The first-order valence-electron chi connectivity index (χ1n) is 4.93. The van der Waals surface area contributed by atoms with Crippen LogP contribution in [0.3, 0.4) is 0 Å². The van der Waals surface area contributed by atoms with E-state index in [0.717, 1.165) is 21.2 Å². The highest BCUT2D eigenvalue weighted by atomic mass is 32.2. The Hall–Kier alpha value is -1.40. The second-order valence-electron chi connectivity index (χ2n) is 3.38. The first-order valence-corrected chi connectivity index (χ1v) is 6.69. The fourth-order valence-corrected chi connectivity index (χ4v) is 2.70. The van der Waals surface area contributed by atoms with Crippen molar-refractivity contribution in [3.63, 3.8) is 0 Å². The Morgan fingerprint density at radius 3 is 2.59 bits per heavy atom. The molecule has 0 aliphatic heterocycles. The number of thioether (sulfide) groups is 1. The van der Waals surface area contributed by atoms with E-state index in [9.17, 15) is 4.79 Å². The summed E-state index contributed by atoms with van der Waals surface area (Å²) >= 11 is 3.01. The number of carboxylic acids is 1. The van der Waals surface area contributed by atoms with Crippen LogP contribution in [-0.4, -0.2) is 20.4 Å². The Morgan fingerprint density at radius 1 is 1.29 bits per heavy atom. The lowest BCUT2D eigenvalue weighted by atomic mass is 10.1. The third-order valence-electron chi connectivity index (χ3n) is 2.08.